The summed E-state index contributed by atoms with van der Waals surface area (Å²) in [6.45, 7) is 2.26. The molecule has 0 aromatic heterocycles. The van der Waals surface area contributed by atoms with Gasteiger partial charge in [-0.3, -0.25) is 9.59 Å². The van der Waals surface area contributed by atoms with Crippen LogP contribution in [0.1, 0.15) is 17.5 Å². The largest absolute Gasteiger partial charge is 0.495 e. The Morgan fingerprint density at radius 2 is 2.04 bits per heavy atom. The molecule has 2 aromatic carbocycles. The fourth-order valence-corrected chi connectivity index (χ4v) is 3.17. The minimum atomic E-state index is -0.429. The molecule has 6 heteroatoms. The summed E-state index contributed by atoms with van der Waals surface area (Å²) in [6, 6.07) is 14.9. The van der Waals surface area contributed by atoms with Crippen LogP contribution in [-0.4, -0.2) is 25.5 Å². The summed E-state index contributed by atoms with van der Waals surface area (Å²) in [5.41, 5.74) is 3.26. The molecule has 138 valence electrons. The molecule has 0 radical (unpaired) electrons. The number of nitrogens with zero attached hydrogens (tertiary/aromatic N) is 2. The molecule has 27 heavy (non-hydrogen) atoms. The first kappa shape index (κ1) is 18.5. The van der Waals surface area contributed by atoms with Crippen LogP contribution in [0.3, 0.4) is 0 Å². The standard InChI is InChI=1S/C21H21N3O3/c1-14-3-8-19(27-2)18(11-14)24-13-16(12-20(24)25)21(26)23-17-6-4-15(5-7-17)9-10-22/h3-8,11,16H,9,12-13H2,1-2H3,(H,23,26). The van der Waals surface area contributed by atoms with Crippen LogP contribution < -0.4 is 15.0 Å². The molecule has 1 unspecified atom stereocenters. The van der Waals surface area contributed by atoms with Crippen LogP contribution in [-0.2, 0) is 16.0 Å². The Balaban J connectivity index is 1.71. The summed E-state index contributed by atoms with van der Waals surface area (Å²) >= 11 is 0. The molecule has 2 amide bonds. The van der Waals surface area contributed by atoms with Crippen molar-refractivity contribution in [2.24, 2.45) is 5.92 Å². The average Bonchev–Trinajstić information content (AvgIpc) is 3.05. The number of aryl methyl sites for hydroxylation is 1. The van der Waals surface area contributed by atoms with E-state index >= 15 is 0 Å². The number of nitriles is 1. The van der Waals surface area contributed by atoms with Crippen molar-refractivity contribution in [2.45, 2.75) is 19.8 Å². The van der Waals surface area contributed by atoms with Gasteiger partial charge in [-0.15, -0.1) is 0 Å². The van der Waals surface area contributed by atoms with Crippen molar-refractivity contribution >= 4 is 23.2 Å². The molecule has 6 nitrogen and oxygen atoms in total. The zero-order valence-corrected chi connectivity index (χ0v) is 15.4. The molecule has 0 bridgehead atoms. The second-order valence-corrected chi connectivity index (χ2v) is 6.60. The van der Waals surface area contributed by atoms with E-state index in [0.29, 0.717) is 30.1 Å². The minimum absolute atomic E-state index is 0.0941. The number of anilines is 2. The Morgan fingerprint density at radius 1 is 1.30 bits per heavy atom. The van der Waals surface area contributed by atoms with Crippen LogP contribution in [0.2, 0.25) is 0 Å². The first-order valence-corrected chi connectivity index (χ1v) is 8.73. The van der Waals surface area contributed by atoms with Crippen molar-refractivity contribution in [2.75, 3.05) is 23.9 Å². The maximum atomic E-state index is 12.6. The molecule has 1 atom stereocenters. The molecule has 1 aliphatic rings. The van der Waals surface area contributed by atoms with E-state index in [9.17, 15) is 9.59 Å². The van der Waals surface area contributed by atoms with Crippen LogP contribution in [0.15, 0.2) is 42.5 Å². The van der Waals surface area contributed by atoms with E-state index in [2.05, 4.69) is 11.4 Å². The van der Waals surface area contributed by atoms with Crippen molar-refractivity contribution in [3.05, 3.63) is 53.6 Å². The number of benzene rings is 2. The van der Waals surface area contributed by atoms with E-state index < -0.39 is 5.92 Å². The van der Waals surface area contributed by atoms with Gasteiger partial charge in [0.15, 0.2) is 0 Å². The van der Waals surface area contributed by atoms with Gasteiger partial charge in [0.25, 0.3) is 0 Å². The molecule has 0 aliphatic carbocycles. The fraction of sp³-hybridized carbons (Fsp3) is 0.286. The maximum Gasteiger partial charge on any atom is 0.229 e. The predicted octanol–water partition coefficient (Wildman–Crippen LogP) is 3.06. The van der Waals surface area contributed by atoms with E-state index in [4.69, 9.17) is 10.00 Å². The van der Waals surface area contributed by atoms with Gasteiger partial charge < -0.3 is 15.0 Å². The summed E-state index contributed by atoms with van der Waals surface area (Å²) in [7, 11) is 1.56. The quantitative estimate of drug-likeness (QED) is 0.885. The van der Waals surface area contributed by atoms with Crippen molar-refractivity contribution in [3.8, 4) is 11.8 Å². The number of nitrogens with one attached hydrogen (secondary N) is 1. The summed E-state index contributed by atoms with van der Waals surface area (Å²) in [4.78, 5) is 26.7. The van der Waals surface area contributed by atoms with Crippen molar-refractivity contribution in [1.82, 2.24) is 0 Å². The molecule has 0 saturated carbocycles. The SMILES string of the molecule is COc1ccc(C)cc1N1CC(C(=O)Nc2ccc(CC#N)cc2)CC1=O. The van der Waals surface area contributed by atoms with E-state index in [1.54, 1.807) is 24.1 Å². The summed E-state index contributed by atoms with van der Waals surface area (Å²) in [6.07, 6.45) is 0.494. The molecular weight excluding hydrogens is 342 g/mol. The van der Waals surface area contributed by atoms with Gasteiger partial charge in [0.05, 0.1) is 31.2 Å². The number of rotatable bonds is 5. The van der Waals surface area contributed by atoms with Gasteiger partial charge in [-0.1, -0.05) is 18.2 Å². The van der Waals surface area contributed by atoms with Crippen LogP contribution in [0.5, 0.6) is 5.75 Å². The topological polar surface area (TPSA) is 82.4 Å². The second kappa shape index (κ2) is 7.92. The number of hydrogen-bond acceptors (Lipinski definition) is 4. The molecule has 3 rings (SSSR count). The van der Waals surface area contributed by atoms with Gasteiger partial charge >= 0.3 is 0 Å². The average molecular weight is 363 g/mol. The smallest absolute Gasteiger partial charge is 0.229 e. The molecule has 1 N–H and O–H groups in total. The van der Waals surface area contributed by atoms with Crippen LogP contribution in [0.25, 0.3) is 0 Å². The highest BCUT2D eigenvalue weighted by atomic mass is 16.5. The number of carbonyl (C=O) groups is 2. The van der Waals surface area contributed by atoms with E-state index in [0.717, 1.165) is 11.1 Å². The van der Waals surface area contributed by atoms with Crippen LogP contribution in [0, 0.1) is 24.2 Å². The molecule has 0 spiro atoms. The molecule has 1 fully saturated rings. The summed E-state index contributed by atoms with van der Waals surface area (Å²) in [5.74, 6) is -0.0986. The second-order valence-electron chi connectivity index (χ2n) is 6.60. The Kier molecular flexibility index (Phi) is 5.41. The molecule has 2 aromatic rings. The lowest BCUT2D eigenvalue weighted by molar-refractivity contribution is -0.122. The van der Waals surface area contributed by atoms with Crippen molar-refractivity contribution in [1.29, 1.82) is 5.26 Å². The van der Waals surface area contributed by atoms with Gasteiger partial charge in [0.1, 0.15) is 5.75 Å². The highest BCUT2D eigenvalue weighted by Crippen LogP contribution is 2.34. The van der Waals surface area contributed by atoms with Crippen LogP contribution >= 0.6 is 0 Å². The van der Waals surface area contributed by atoms with E-state index in [-0.39, 0.29) is 18.2 Å². The number of ether oxygens (including phenoxy) is 1. The number of hydrogen-bond donors (Lipinski definition) is 1. The number of amides is 2. The van der Waals surface area contributed by atoms with E-state index in [1.165, 1.54) is 0 Å². The third kappa shape index (κ3) is 4.09. The van der Waals surface area contributed by atoms with E-state index in [1.807, 2.05) is 37.3 Å². The Hall–Kier alpha value is -3.33. The zero-order valence-electron chi connectivity index (χ0n) is 15.4. The van der Waals surface area contributed by atoms with Gasteiger partial charge in [-0.25, -0.2) is 0 Å². The molecule has 1 saturated heterocycles. The lowest BCUT2D eigenvalue weighted by Crippen LogP contribution is -2.28. The third-order valence-corrected chi connectivity index (χ3v) is 4.63. The highest BCUT2D eigenvalue weighted by Gasteiger charge is 2.36. The first-order valence-electron chi connectivity index (χ1n) is 8.73. The number of methoxy groups -OCH3 is 1. The maximum absolute atomic E-state index is 12.6. The monoisotopic (exact) mass is 363 g/mol. The lowest BCUT2D eigenvalue weighted by Gasteiger charge is -2.20. The van der Waals surface area contributed by atoms with Crippen LogP contribution in [0.4, 0.5) is 11.4 Å². The van der Waals surface area contributed by atoms with Gasteiger partial charge in [-0.2, -0.15) is 5.26 Å². The predicted molar refractivity (Wildman–Crippen MR) is 103 cm³/mol. The fourth-order valence-electron chi connectivity index (χ4n) is 3.17. The summed E-state index contributed by atoms with van der Waals surface area (Å²) < 4.78 is 5.37. The third-order valence-electron chi connectivity index (χ3n) is 4.63. The zero-order chi connectivity index (χ0) is 19.4. The van der Waals surface area contributed by atoms with Crippen molar-refractivity contribution < 1.29 is 14.3 Å². The van der Waals surface area contributed by atoms with Gasteiger partial charge in [-0.05, 0) is 42.3 Å². The number of carbonyl (C=O) groups excluding carboxylic acids is 2. The Bertz CT molecular complexity index is 900. The molecule has 1 aliphatic heterocycles. The normalized spacial score (nSPS) is 16.1. The lowest BCUT2D eigenvalue weighted by atomic mass is 10.1. The highest BCUT2D eigenvalue weighted by molar-refractivity contribution is 6.04. The summed E-state index contributed by atoms with van der Waals surface area (Å²) in [5, 5.41) is 11.6. The van der Waals surface area contributed by atoms with Gasteiger partial charge in [0.2, 0.25) is 11.8 Å². The van der Waals surface area contributed by atoms with Crippen molar-refractivity contribution in [3.63, 3.8) is 0 Å². The van der Waals surface area contributed by atoms with Gasteiger partial charge in [0, 0.05) is 18.7 Å². The minimum Gasteiger partial charge on any atom is -0.495 e. The Labute approximate surface area is 158 Å². The Morgan fingerprint density at radius 3 is 2.70 bits per heavy atom. The first-order chi connectivity index (χ1) is 13.0. The molecular formula is C21H21N3O3. The molecule has 1 heterocycles.